The van der Waals surface area contributed by atoms with E-state index < -0.39 is 0 Å². The first-order valence-corrected chi connectivity index (χ1v) is 21.5. The fourth-order valence-corrected chi connectivity index (χ4v) is 9.52. The van der Waals surface area contributed by atoms with Crippen LogP contribution in [0, 0.1) is 0 Å². The van der Waals surface area contributed by atoms with Crippen LogP contribution >= 0.6 is 0 Å². The zero-order valence-corrected chi connectivity index (χ0v) is 34.7. The molecule has 5 heteroatoms. The van der Waals surface area contributed by atoms with Crippen LogP contribution in [0.15, 0.2) is 188 Å². The van der Waals surface area contributed by atoms with Crippen LogP contribution in [0.4, 0.5) is 17.6 Å². The van der Waals surface area contributed by atoms with Gasteiger partial charge in [-0.15, -0.1) is 0 Å². The van der Waals surface area contributed by atoms with E-state index in [-0.39, 0.29) is 5.41 Å². The Labute approximate surface area is 361 Å². The Morgan fingerprint density at radius 2 is 0.984 bits per heavy atom. The Hall–Kier alpha value is -7.76. The van der Waals surface area contributed by atoms with Crippen molar-refractivity contribution in [2.45, 2.75) is 32.1 Å². The molecule has 2 heterocycles. The lowest BCUT2D eigenvalue weighted by Crippen LogP contribution is -2.24. The summed E-state index contributed by atoms with van der Waals surface area (Å²) in [5, 5.41) is 4.42. The molecule has 0 fully saturated rings. The van der Waals surface area contributed by atoms with Crippen LogP contribution in [-0.2, 0) is 5.41 Å². The minimum atomic E-state index is -0.195. The summed E-state index contributed by atoms with van der Waals surface area (Å²) >= 11 is 0. The summed E-state index contributed by atoms with van der Waals surface area (Å²) in [5.41, 5.74) is 14.9. The molecule has 0 saturated carbocycles. The molecule has 0 radical (unpaired) electrons. The van der Waals surface area contributed by atoms with Crippen molar-refractivity contribution < 1.29 is 0 Å². The Kier molecular flexibility index (Phi) is 9.23. The van der Waals surface area contributed by atoms with Crippen LogP contribution in [-0.4, -0.2) is 19.9 Å². The number of hydrogen-bond acceptors (Lipinski definition) is 5. The minimum absolute atomic E-state index is 0.195. The van der Waals surface area contributed by atoms with Crippen molar-refractivity contribution in [1.82, 2.24) is 19.9 Å². The molecule has 0 unspecified atom stereocenters. The summed E-state index contributed by atoms with van der Waals surface area (Å²) in [6.07, 6.45) is 10.2. The number of benzene rings is 8. The molecule has 8 aromatic carbocycles. The lowest BCUT2D eigenvalue weighted by Gasteiger charge is -2.31. The summed E-state index contributed by atoms with van der Waals surface area (Å²) in [6.45, 7) is 4.64. The molecular weight excluding hydrogens is 755 g/mol. The molecule has 2 aromatic heterocycles. The number of rotatable bonds is 9. The molecule has 0 saturated heterocycles. The van der Waals surface area contributed by atoms with Gasteiger partial charge in [-0.1, -0.05) is 166 Å². The van der Waals surface area contributed by atoms with E-state index in [0.29, 0.717) is 11.9 Å². The highest BCUT2D eigenvalue weighted by atomic mass is 15.3. The van der Waals surface area contributed by atoms with Crippen LogP contribution in [0.3, 0.4) is 0 Å². The Morgan fingerprint density at radius 3 is 1.63 bits per heavy atom. The number of fused-ring (bicyclic) bond motifs is 6. The van der Waals surface area contributed by atoms with Crippen LogP contribution in [0.5, 0.6) is 0 Å². The molecule has 1 aliphatic rings. The van der Waals surface area contributed by atoms with Gasteiger partial charge in [-0.05, 0) is 116 Å². The fourth-order valence-electron chi connectivity index (χ4n) is 9.52. The van der Waals surface area contributed by atoms with Gasteiger partial charge in [0.2, 0.25) is 11.9 Å². The first-order valence-electron chi connectivity index (χ1n) is 21.5. The van der Waals surface area contributed by atoms with Crippen LogP contribution < -0.4 is 4.90 Å². The third-order valence-electron chi connectivity index (χ3n) is 12.9. The van der Waals surface area contributed by atoms with E-state index in [1.807, 2.05) is 65.8 Å². The molecule has 296 valence electrons. The highest BCUT2D eigenvalue weighted by molar-refractivity contribution is 5.95. The molecule has 0 N–H and O–H groups in total. The molecule has 10 aromatic rings. The predicted molar refractivity (Wildman–Crippen MR) is 258 cm³/mol. The smallest absolute Gasteiger partial charge is 0.237 e. The molecule has 5 nitrogen and oxygen atoms in total. The van der Waals surface area contributed by atoms with E-state index >= 15 is 0 Å². The third-order valence-corrected chi connectivity index (χ3v) is 12.9. The zero-order chi connectivity index (χ0) is 41.6. The summed E-state index contributed by atoms with van der Waals surface area (Å²) in [6, 6.07) is 62.8. The SMILES string of the molecule is CCC1(CC)c2cc(C=Cc3cc4ccccc4cc3-c3ccc(-c4ccccc4)cc3)ccc2-c2ccc(N(c3ncc4ccccc4n3)c3ncc4ccccc4n3)cc21. The number of para-hydroxylation sites is 2. The second kappa shape index (κ2) is 15.4. The maximum absolute atomic E-state index is 5.06. The zero-order valence-electron chi connectivity index (χ0n) is 34.7. The van der Waals surface area contributed by atoms with E-state index in [1.165, 1.54) is 66.4 Å². The fraction of sp³-hybridized carbons (Fsp3) is 0.0877. The van der Waals surface area contributed by atoms with Gasteiger partial charge in [-0.2, -0.15) is 0 Å². The van der Waals surface area contributed by atoms with Gasteiger partial charge < -0.3 is 0 Å². The second-order valence-electron chi connectivity index (χ2n) is 16.2. The largest absolute Gasteiger partial charge is 0.247 e. The van der Waals surface area contributed by atoms with Gasteiger partial charge in [-0.25, -0.2) is 24.8 Å². The molecule has 0 aliphatic heterocycles. The first-order chi connectivity index (χ1) is 30.6. The maximum atomic E-state index is 5.06. The lowest BCUT2D eigenvalue weighted by atomic mass is 9.73. The van der Waals surface area contributed by atoms with Crippen LogP contribution in [0.2, 0.25) is 0 Å². The molecule has 62 heavy (non-hydrogen) atoms. The van der Waals surface area contributed by atoms with Crippen LogP contribution in [0.1, 0.15) is 48.9 Å². The molecular formula is C57H43N5. The summed E-state index contributed by atoms with van der Waals surface area (Å²) in [4.78, 5) is 21.9. The number of anilines is 3. The second-order valence-corrected chi connectivity index (χ2v) is 16.2. The third kappa shape index (κ3) is 6.41. The van der Waals surface area contributed by atoms with E-state index in [9.17, 15) is 0 Å². The number of aromatic nitrogens is 4. The van der Waals surface area contributed by atoms with Crippen molar-refractivity contribution in [3.63, 3.8) is 0 Å². The Morgan fingerprint density at radius 1 is 0.452 bits per heavy atom. The van der Waals surface area contributed by atoms with Gasteiger partial charge >= 0.3 is 0 Å². The first kappa shape index (κ1) is 37.3. The molecule has 0 bridgehead atoms. The van der Waals surface area contributed by atoms with Gasteiger partial charge in [0.15, 0.2) is 0 Å². The monoisotopic (exact) mass is 797 g/mol. The molecule has 1 aliphatic carbocycles. The lowest BCUT2D eigenvalue weighted by molar-refractivity contribution is 0.490. The highest BCUT2D eigenvalue weighted by Crippen LogP contribution is 2.54. The van der Waals surface area contributed by atoms with Crippen molar-refractivity contribution in [3.05, 3.63) is 211 Å². The summed E-state index contributed by atoms with van der Waals surface area (Å²) < 4.78 is 0. The van der Waals surface area contributed by atoms with E-state index in [2.05, 4.69) is 153 Å². The van der Waals surface area contributed by atoms with Gasteiger partial charge in [0, 0.05) is 28.6 Å². The van der Waals surface area contributed by atoms with Gasteiger partial charge in [0.05, 0.1) is 16.7 Å². The molecule has 0 atom stereocenters. The maximum Gasteiger partial charge on any atom is 0.237 e. The van der Waals surface area contributed by atoms with Gasteiger partial charge in [0.25, 0.3) is 0 Å². The van der Waals surface area contributed by atoms with E-state index in [1.54, 1.807) is 0 Å². The Bertz CT molecular complexity index is 3250. The van der Waals surface area contributed by atoms with Crippen LogP contribution in [0.25, 0.3) is 78.1 Å². The highest BCUT2D eigenvalue weighted by Gasteiger charge is 2.41. The normalized spacial score (nSPS) is 12.9. The van der Waals surface area contributed by atoms with Crippen molar-refractivity contribution >= 4 is 62.3 Å². The minimum Gasteiger partial charge on any atom is -0.247 e. The standard InChI is InChI=1S/C57H43N5/c1-3-57(4-2)51-32-38(22-24-44-33-42-16-8-9-17-43(42)34-50(44)41-27-25-40(26-28-41)39-14-6-5-7-15-39)23-30-48(51)49-31-29-47(35-52(49)57)62(55-58-36-45-18-10-12-20-53(45)60-55)56-59-37-46-19-11-13-21-54(46)61-56/h5-37H,3-4H2,1-2H3. The molecule has 0 amide bonds. The summed E-state index contributed by atoms with van der Waals surface area (Å²) in [5.74, 6) is 1.06. The van der Waals surface area contributed by atoms with Crippen molar-refractivity contribution in [1.29, 1.82) is 0 Å². The van der Waals surface area contributed by atoms with Gasteiger partial charge in [-0.3, -0.25) is 0 Å². The van der Waals surface area contributed by atoms with Crippen molar-refractivity contribution in [2.24, 2.45) is 0 Å². The quantitative estimate of drug-likeness (QED) is 0.136. The van der Waals surface area contributed by atoms with Gasteiger partial charge in [0.1, 0.15) is 0 Å². The Balaban J connectivity index is 0.986. The predicted octanol–water partition coefficient (Wildman–Crippen LogP) is 14.8. The number of nitrogens with zero attached hydrogens (tertiary/aromatic N) is 5. The molecule has 0 spiro atoms. The van der Waals surface area contributed by atoms with Crippen molar-refractivity contribution in [3.8, 4) is 33.4 Å². The topological polar surface area (TPSA) is 54.8 Å². The average Bonchev–Trinajstić information content (AvgIpc) is 3.61. The average molecular weight is 798 g/mol. The van der Waals surface area contributed by atoms with E-state index in [0.717, 1.165) is 40.3 Å². The van der Waals surface area contributed by atoms with Crippen molar-refractivity contribution in [2.75, 3.05) is 4.90 Å². The molecule has 11 rings (SSSR count). The summed E-state index contributed by atoms with van der Waals surface area (Å²) in [7, 11) is 0. The van der Waals surface area contributed by atoms with E-state index in [4.69, 9.17) is 19.9 Å². The number of hydrogen-bond donors (Lipinski definition) is 0.